The molecule has 104 valence electrons. The van der Waals surface area contributed by atoms with E-state index >= 15 is 0 Å². The van der Waals surface area contributed by atoms with Gasteiger partial charge in [0, 0.05) is 31.9 Å². The van der Waals surface area contributed by atoms with Gasteiger partial charge in [0.2, 0.25) is 5.91 Å². The van der Waals surface area contributed by atoms with Gasteiger partial charge in [-0.3, -0.25) is 14.4 Å². The van der Waals surface area contributed by atoms with E-state index in [0.717, 1.165) is 12.1 Å². The zero-order valence-electron chi connectivity index (χ0n) is 11.5. The molecule has 1 aromatic carbocycles. The molecule has 5 nitrogen and oxygen atoms in total. The van der Waals surface area contributed by atoms with Gasteiger partial charge in [0.05, 0.1) is 12.2 Å². The first-order valence-corrected chi connectivity index (χ1v) is 6.71. The zero-order valence-corrected chi connectivity index (χ0v) is 11.5. The number of rotatable bonds is 3. The molecule has 0 radical (unpaired) electrons. The van der Waals surface area contributed by atoms with Gasteiger partial charge in [-0.25, -0.2) is 0 Å². The fourth-order valence-corrected chi connectivity index (χ4v) is 2.81. The smallest absolute Gasteiger partial charge is 0.235 e. The van der Waals surface area contributed by atoms with Crippen molar-refractivity contribution < 1.29 is 4.79 Å². The van der Waals surface area contributed by atoms with E-state index in [0.29, 0.717) is 13.0 Å². The lowest BCUT2D eigenvalue weighted by atomic mass is 9.93. The molecule has 0 bridgehead atoms. The first-order valence-electron chi connectivity index (χ1n) is 6.71. The van der Waals surface area contributed by atoms with Crippen molar-refractivity contribution in [2.45, 2.75) is 25.6 Å². The van der Waals surface area contributed by atoms with E-state index < -0.39 is 0 Å². The van der Waals surface area contributed by atoms with Gasteiger partial charge in [0.15, 0.2) is 0 Å². The molecule has 5 heteroatoms. The molecule has 1 aromatic heterocycles. The van der Waals surface area contributed by atoms with Gasteiger partial charge in [0.1, 0.15) is 0 Å². The molecule has 0 fully saturated rings. The summed E-state index contributed by atoms with van der Waals surface area (Å²) in [5.74, 6) is -0.261. The maximum absolute atomic E-state index is 11.7. The molecule has 1 atom stereocenters. The second-order valence-corrected chi connectivity index (χ2v) is 5.32. The summed E-state index contributed by atoms with van der Waals surface area (Å²) >= 11 is 0. The number of benzene rings is 1. The number of amides is 1. The Hall–Kier alpha value is -2.14. The Morgan fingerprint density at radius 3 is 2.80 bits per heavy atom. The summed E-state index contributed by atoms with van der Waals surface area (Å²) in [4.78, 5) is 13.9. The predicted octanol–water partition coefficient (Wildman–Crippen LogP) is 0.832. The molecule has 0 aliphatic carbocycles. The van der Waals surface area contributed by atoms with Crippen molar-refractivity contribution in [1.29, 1.82) is 0 Å². The van der Waals surface area contributed by atoms with Crippen LogP contribution in [0, 0.1) is 0 Å². The van der Waals surface area contributed by atoms with Crippen molar-refractivity contribution in [3.63, 3.8) is 0 Å². The second-order valence-electron chi connectivity index (χ2n) is 5.32. The highest BCUT2D eigenvalue weighted by Gasteiger charge is 2.29. The molecule has 0 saturated carbocycles. The third-order valence-corrected chi connectivity index (χ3v) is 3.82. The molecule has 1 aliphatic rings. The predicted molar refractivity (Wildman–Crippen MR) is 75.6 cm³/mol. The quantitative estimate of drug-likeness (QED) is 0.898. The van der Waals surface area contributed by atoms with Crippen LogP contribution in [0.5, 0.6) is 0 Å². The standard InChI is InChI=1S/C15H18N4O/c1-18-8-11(7-17-18)9-19-10-13-5-3-2-4-12(13)6-14(19)15(16)20/h2-5,7-8,14H,6,9-10H2,1H3,(H2,16,20)/t14-/m1/s1. The molecule has 0 unspecified atom stereocenters. The molecule has 3 rings (SSSR count). The van der Waals surface area contributed by atoms with E-state index in [1.165, 1.54) is 11.1 Å². The van der Waals surface area contributed by atoms with Crippen LogP contribution in [0.4, 0.5) is 0 Å². The summed E-state index contributed by atoms with van der Waals surface area (Å²) in [5, 5.41) is 4.17. The lowest BCUT2D eigenvalue weighted by Gasteiger charge is -2.34. The number of nitrogens with zero attached hydrogens (tertiary/aromatic N) is 3. The van der Waals surface area contributed by atoms with Crippen LogP contribution in [0.1, 0.15) is 16.7 Å². The van der Waals surface area contributed by atoms with Crippen molar-refractivity contribution in [2.24, 2.45) is 12.8 Å². The summed E-state index contributed by atoms with van der Waals surface area (Å²) < 4.78 is 1.77. The third-order valence-electron chi connectivity index (χ3n) is 3.82. The molecule has 20 heavy (non-hydrogen) atoms. The van der Waals surface area contributed by atoms with Gasteiger partial charge in [-0.2, -0.15) is 5.10 Å². The lowest BCUT2D eigenvalue weighted by Crippen LogP contribution is -2.48. The maximum Gasteiger partial charge on any atom is 0.235 e. The van der Waals surface area contributed by atoms with Crippen LogP contribution in [0.25, 0.3) is 0 Å². The Kier molecular flexibility index (Phi) is 3.28. The van der Waals surface area contributed by atoms with E-state index in [9.17, 15) is 4.79 Å². The number of carbonyl (C=O) groups excluding carboxylic acids is 1. The Morgan fingerprint density at radius 1 is 1.40 bits per heavy atom. The SMILES string of the molecule is Cn1cc(CN2Cc3ccccc3C[C@@H]2C(N)=O)cn1. The van der Waals surface area contributed by atoms with Crippen LogP contribution in [0.2, 0.25) is 0 Å². The Morgan fingerprint density at radius 2 is 2.15 bits per heavy atom. The van der Waals surface area contributed by atoms with Crippen molar-refractivity contribution >= 4 is 5.91 Å². The van der Waals surface area contributed by atoms with E-state index in [2.05, 4.69) is 22.1 Å². The summed E-state index contributed by atoms with van der Waals surface area (Å²) in [6, 6.07) is 7.99. The van der Waals surface area contributed by atoms with Crippen LogP contribution < -0.4 is 5.73 Å². The van der Waals surface area contributed by atoms with Crippen LogP contribution >= 0.6 is 0 Å². The lowest BCUT2D eigenvalue weighted by molar-refractivity contribution is -0.124. The van der Waals surface area contributed by atoms with Gasteiger partial charge in [0.25, 0.3) is 0 Å². The summed E-state index contributed by atoms with van der Waals surface area (Å²) in [6.45, 7) is 1.44. The van der Waals surface area contributed by atoms with Crippen molar-refractivity contribution in [2.75, 3.05) is 0 Å². The Balaban J connectivity index is 1.86. The molecule has 2 aromatic rings. The highest BCUT2D eigenvalue weighted by Crippen LogP contribution is 2.24. The molecule has 0 saturated heterocycles. The van der Waals surface area contributed by atoms with Crippen LogP contribution in [0.15, 0.2) is 36.7 Å². The average molecular weight is 270 g/mol. The number of nitrogens with two attached hydrogens (primary N) is 1. The molecular weight excluding hydrogens is 252 g/mol. The fourth-order valence-electron chi connectivity index (χ4n) is 2.81. The summed E-state index contributed by atoms with van der Waals surface area (Å²) in [5.41, 5.74) is 9.16. The van der Waals surface area contributed by atoms with Crippen molar-refractivity contribution in [3.05, 3.63) is 53.3 Å². The van der Waals surface area contributed by atoms with E-state index in [4.69, 9.17) is 5.73 Å². The monoisotopic (exact) mass is 270 g/mol. The number of primary amides is 1. The Labute approximate surface area is 118 Å². The number of hydrogen-bond donors (Lipinski definition) is 1. The second kappa shape index (κ2) is 5.09. The molecule has 2 heterocycles. The van der Waals surface area contributed by atoms with E-state index in [1.54, 1.807) is 4.68 Å². The van der Waals surface area contributed by atoms with Gasteiger partial charge in [-0.15, -0.1) is 0 Å². The summed E-state index contributed by atoms with van der Waals surface area (Å²) in [6.07, 6.45) is 4.49. The van der Waals surface area contributed by atoms with Crippen LogP contribution in [0.3, 0.4) is 0 Å². The first kappa shape index (κ1) is 12.9. The molecule has 1 aliphatic heterocycles. The fraction of sp³-hybridized carbons (Fsp3) is 0.333. The molecule has 1 amide bonds. The third kappa shape index (κ3) is 2.44. The van der Waals surface area contributed by atoms with E-state index in [1.807, 2.05) is 31.6 Å². The maximum atomic E-state index is 11.7. The van der Waals surface area contributed by atoms with Crippen LogP contribution in [-0.4, -0.2) is 26.6 Å². The molecular formula is C15H18N4O. The number of fused-ring (bicyclic) bond motifs is 1. The first-order chi connectivity index (χ1) is 9.63. The largest absolute Gasteiger partial charge is 0.368 e. The highest BCUT2D eigenvalue weighted by molar-refractivity contribution is 5.80. The molecule has 2 N–H and O–H groups in total. The van der Waals surface area contributed by atoms with Gasteiger partial charge < -0.3 is 5.73 Å². The van der Waals surface area contributed by atoms with E-state index in [-0.39, 0.29) is 11.9 Å². The minimum Gasteiger partial charge on any atom is -0.368 e. The summed E-state index contributed by atoms with van der Waals surface area (Å²) in [7, 11) is 1.89. The Bertz CT molecular complexity index is 634. The normalized spacial score (nSPS) is 18.8. The number of carbonyl (C=O) groups is 1. The number of hydrogen-bond acceptors (Lipinski definition) is 3. The minimum atomic E-state index is -0.261. The van der Waals surface area contributed by atoms with Crippen molar-refractivity contribution in [1.82, 2.24) is 14.7 Å². The topological polar surface area (TPSA) is 64.2 Å². The minimum absolute atomic E-state index is 0.245. The molecule has 0 spiro atoms. The highest BCUT2D eigenvalue weighted by atomic mass is 16.1. The van der Waals surface area contributed by atoms with Gasteiger partial charge in [-0.05, 0) is 17.5 Å². The number of aromatic nitrogens is 2. The van der Waals surface area contributed by atoms with Crippen molar-refractivity contribution in [3.8, 4) is 0 Å². The van der Waals surface area contributed by atoms with Gasteiger partial charge >= 0.3 is 0 Å². The van der Waals surface area contributed by atoms with Gasteiger partial charge in [-0.1, -0.05) is 24.3 Å². The number of aryl methyl sites for hydroxylation is 1. The average Bonchev–Trinajstić information content (AvgIpc) is 2.83. The van der Waals surface area contributed by atoms with Crippen LogP contribution in [-0.2, 0) is 31.4 Å². The zero-order chi connectivity index (χ0) is 14.1.